The second-order valence-electron chi connectivity index (χ2n) is 6.15. The Morgan fingerprint density at radius 1 is 1.24 bits per heavy atom. The van der Waals surface area contributed by atoms with Gasteiger partial charge in [0, 0.05) is 43.8 Å². The van der Waals surface area contributed by atoms with Crippen LogP contribution in [0.1, 0.15) is 34.2 Å². The van der Waals surface area contributed by atoms with Crippen molar-refractivity contribution >= 4 is 30.0 Å². The van der Waals surface area contributed by atoms with Crippen molar-refractivity contribution in [1.29, 1.82) is 0 Å². The maximum absolute atomic E-state index is 12.0. The molecule has 0 aliphatic carbocycles. The topological polar surface area (TPSA) is 34.5 Å². The van der Waals surface area contributed by atoms with Gasteiger partial charge in [-0.1, -0.05) is 29.8 Å². The third-order valence-electron chi connectivity index (χ3n) is 4.65. The van der Waals surface area contributed by atoms with Crippen LogP contribution >= 0.6 is 24.0 Å². The van der Waals surface area contributed by atoms with E-state index in [2.05, 4.69) is 11.0 Å². The van der Waals surface area contributed by atoms with Gasteiger partial charge >= 0.3 is 5.97 Å². The predicted molar refractivity (Wildman–Crippen MR) is 103 cm³/mol. The number of rotatable bonds is 4. The molecule has 0 saturated heterocycles. The summed E-state index contributed by atoms with van der Waals surface area (Å²) >= 11 is 6.28. The van der Waals surface area contributed by atoms with Gasteiger partial charge in [0.15, 0.2) is 0 Å². The molecule has 0 N–H and O–H groups in total. The Kier molecular flexibility index (Phi) is 6.94. The van der Waals surface area contributed by atoms with Gasteiger partial charge in [0.05, 0.1) is 6.61 Å². The maximum atomic E-state index is 12.0. The van der Waals surface area contributed by atoms with Crippen LogP contribution in [-0.4, -0.2) is 35.1 Å². The van der Waals surface area contributed by atoms with Gasteiger partial charge in [-0.3, -0.25) is 4.90 Å². The minimum atomic E-state index is -0.235. The Morgan fingerprint density at radius 3 is 2.68 bits per heavy atom. The summed E-state index contributed by atoms with van der Waals surface area (Å²) in [5.74, 6) is -0.235. The number of esters is 1. The zero-order chi connectivity index (χ0) is 17.1. The monoisotopic (exact) mass is 382 g/mol. The lowest BCUT2D eigenvalue weighted by Crippen LogP contribution is -2.26. The number of hydrogen-bond donors (Lipinski definition) is 0. The first-order valence-corrected chi connectivity index (χ1v) is 8.78. The van der Waals surface area contributed by atoms with Crippen molar-refractivity contribution in [2.75, 3.05) is 19.7 Å². The van der Waals surface area contributed by atoms with E-state index in [1.165, 1.54) is 11.3 Å². The number of aromatic nitrogens is 1. The van der Waals surface area contributed by atoms with Gasteiger partial charge in [-0.15, -0.1) is 12.4 Å². The molecule has 0 fully saturated rings. The SMILES string of the molecule is CCOC(=O)c1cc2c(n1C)CCN(Cc1ccccc1Cl)CC2.Cl. The van der Waals surface area contributed by atoms with Gasteiger partial charge in [-0.2, -0.15) is 0 Å². The second-order valence-corrected chi connectivity index (χ2v) is 6.56. The number of benzene rings is 1. The number of carbonyl (C=O) groups is 1. The van der Waals surface area contributed by atoms with E-state index in [4.69, 9.17) is 16.3 Å². The Balaban J connectivity index is 0.00000225. The van der Waals surface area contributed by atoms with E-state index < -0.39 is 0 Å². The summed E-state index contributed by atoms with van der Waals surface area (Å²) in [6.45, 7) is 5.01. The van der Waals surface area contributed by atoms with Crippen molar-refractivity contribution in [3.63, 3.8) is 0 Å². The molecule has 0 spiro atoms. The van der Waals surface area contributed by atoms with Crippen LogP contribution < -0.4 is 0 Å². The van der Waals surface area contributed by atoms with E-state index in [0.29, 0.717) is 12.3 Å². The van der Waals surface area contributed by atoms with Crippen molar-refractivity contribution in [3.8, 4) is 0 Å². The van der Waals surface area contributed by atoms with Crippen LogP contribution in [0.25, 0.3) is 0 Å². The number of fused-ring (bicyclic) bond motifs is 1. The van der Waals surface area contributed by atoms with E-state index in [1.54, 1.807) is 0 Å². The predicted octanol–water partition coefficient (Wildman–Crippen LogP) is 3.88. The molecule has 25 heavy (non-hydrogen) atoms. The molecule has 0 unspecified atom stereocenters. The number of halogens is 2. The van der Waals surface area contributed by atoms with Gasteiger partial charge in [-0.05, 0) is 36.6 Å². The van der Waals surface area contributed by atoms with Gasteiger partial charge < -0.3 is 9.30 Å². The molecule has 0 atom stereocenters. The number of hydrogen-bond acceptors (Lipinski definition) is 3. The fourth-order valence-corrected chi connectivity index (χ4v) is 3.53. The van der Waals surface area contributed by atoms with Gasteiger partial charge in [0.1, 0.15) is 5.69 Å². The van der Waals surface area contributed by atoms with Crippen molar-refractivity contribution in [2.24, 2.45) is 7.05 Å². The molecular formula is C19H24Cl2N2O2. The van der Waals surface area contributed by atoms with Crippen LogP contribution in [0, 0.1) is 0 Å². The van der Waals surface area contributed by atoms with E-state index >= 15 is 0 Å². The first-order valence-electron chi connectivity index (χ1n) is 8.40. The zero-order valence-electron chi connectivity index (χ0n) is 14.6. The largest absolute Gasteiger partial charge is 0.461 e. The molecule has 2 aromatic rings. The quantitative estimate of drug-likeness (QED) is 0.752. The molecule has 1 aliphatic heterocycles. The minimum absolute atomic E-state index is 0. The molecule has 2 heterocycles. The van der Waals surface area contributed by atoms with Gasteiger partial charge in [0.2, 0.25) is 0 Å². The normalized spacial score (nSPS) is 14.4. The lowest BCUT2D eigenvalue weighted by atomic mass is 10.1. The Morgan fingerprint density at radius 2 is 1.96 bits per heavy atom. The van der Waals surface area contributed by atoms with Crippen molar-refractivity contribution in [2.45, 2.75) is 26.3 Å². The molecule has 1 aromatic heterocycles. The Bertz CT molecular complexity index is 743. The van der Waals surface area contributed by atoms with Crippen LogP contribution in [0.3, 0.4) is 0 Å². The minimum Gasteiger partial charge on any atom is -0.461 e. The molecule has 6 heteroatoms. The summed E-state index contributed by atoms with van der Waals surface area (Å²) < 4.78 is 7.14. The smallest absolute Gasteiger partial charge is 0.354 e. The van der Waals surface area contributed by atoms with Crippen molar-refractivity contribution < 1.29 is 9.53 Å². The Labute approximate surface area is 160 Å². The second kappa shape index (κ2) is 8.75. The summed E-state index contributed by atoms with van der Waals surface area (Å²) in [6, 6.07) is 10.0. The van der Waals surface area contributed by atoms with Crippen molar-refractivity contribution in [3.05, 3.63) is 57.9 Å². The molecule has 0 amide bonds. The molecule has 1 aromatic carbocycles. The molecule has 0 saturated carbocycles. The van der Waals surface area contributed by atoms with Crippen LogP contribution in [-0.2, 0) is 31.2 Å². The average molecular weight is 383 g/mol. The summed E-state index contributed by atoms with van der Waals surface area (Å²) in [5, 5.41) is 0.823. The lowest BCUT2D eigenvalue weighted by Gasteiger charge is -2.20. The highest BCUT2D eigenvalue weighted by Crippen LogP contribution is 2.23. The molecule has 1 aliphatic rings. The molecule has 3 rings (SSSR count). The highest BCUT2D eigenvalue weighted by atomic mass is 35.5. The summed E-state index contributed by atoms with van der Waals surface area (Å²) in [5.41, 5.74) is 4.31. The summed E-state index contributed by atoms with van der Waals surface area (Å²) in [4.78, 5) is 14.5. The van der Waals surface area contributed by atoms with E-state index in [0.717, 1.165) is 43.1 Å². The summed E-state index contributed by atoms with van der Waals surface area (Å²) in [7, 11) is 1.95. The van der Waals surface area contributed by atoms with E-state index in [-0.39, 0.29) is 18.4 Å². The standard InChI is InChI=1S/C19H23ClN2O2.ClH/c1-3-24-19(23)18-12-14-8-10-22(11-9-17(14)21(18)2)13-15-6-4-5-7-16(15)20;/h4-7,12H,3,8-11,13H2,1-2H3;1H. The molecule has 0 bridgehead atoms. The van der Waals surface area contributed by atoms with Crippen molar-refractivity contribution in [1.82, 2.24) is 9.47 Å². The lowest BCUT2D eigenvalue weighted by molar-refractivity contribution is 0.0515. The third kappa shape index (κ3) is 4.38. The number of nitrogens with zero attached hydrogens (tertiary/aromatic N) is 2. The Hall–Kier alpha value is -1.49. The maximum Gasteiger partial charge on any atom is 0.354 e. The third-order valence-corrected chi connectivity index (χ3v) is 5.02. The average Bonchev–Trinajstić information content (AvgIpc) is 2.75. The highest BCUT2D eigenvalue weighted by Gasteiger charge is 2.22. The first kappa shape index (κ1) is 19.8. The van der Waals surface area contributed by atoms with Crippen LogP contribution in [0.5, 0.6) is 0 Å². The zero-order valence-corrected chi connectivity index (χ0v) is 16.2. The van der Waals surface area contributed by atoms with Gasteiger partial charge in [-0.25, -0.2) is 4.79 Å². The van der Waals surface area contributed by atoms with Crippen LogP contribution in [0.15, 0.2) is 30.3 Å². The van der Waals surface area contributed by atoms with Gasteiger partial charge in [0.25, 0.3) is 0 Å². The fourth-order valence-electron chi connectivity index (χ4n) is 3.33. The molecule has 136 valence electrons. The summed E-state index contributed by atoms with van der Waals surface area (Å²) in [6.07, 6.45) is 1.86. The van der Waals surface area contributed by atoms with Crippen LogP contribution in [0.4, 0.5) is 0 Å². The molecule has 0 radical (unpaired) electrons. The highest BCUT2D eigenvalue weighted by molar-refractivity contribution is 6.31. The fraction of sp³-hybridized carbons (Fsp3) is 0.421. The number of carbonyl (C=O) groups excluding carboxylic acids is 1. The van der Waals surface area contributed by atoms with Crippen LogP contribution in [0.2, 0.25) is 5.02 Å². The van der Waals surface area contributed by atoms with E-state index in [9.17, 15) is 4.79 Å². The molecule has 4 nitrogen and oxygen atoms in total. The molecular weight excluding hydrogens is 359 g/mol. The van der Waals surface area contributed by atoms with E-state index in [1.807, 2.05) is 42.8 Å². The number of ether oxygens (including phenoxy) is 1. The first-order chi connectivity index (χ1) is 11.6.